The molecule has 0 aromatic heterocycles. The van der Waals surface area contributed by atoms with Gasteiger partial charge in [0.1, 0.15) is 0 Å². The van der Waals surface area contributed by atoms with E-state index in [1.807, 2.05) is 36.5 Å². The fourth-order valence-electron chi connectivity index (χ4n) is 8.07. The molecule has 1 aromatic rings. The molecule has 0 heterocycles. The van der Waals surface area contributed by atoms with Gasteiger partial charge in [0.05, 0.1) is 6.10 Å². The molecule has 0 spiro atoms. The highest BCUT2D eigenvalue weighted by Gasteiger charge is 2.58. The average Bonchev–Trinajstić information content (AvgIpc) is 3.10. The highest BCUT2D eigenvalue weighted by atomic mass is 16.3. The summed E-state index contributed by atoms with van der Waals surface area (Å²) in [6.07, 6.45) is 12.8. The van der Waals surface area contributed by atoms with Gasteiger partial charge in [-0.25, -0.2) is 0 Å². The topological polar surface area (TPSA) is 49.3 Å². The predicted octanol–water partition coefficient (Wildman–Crippen LogP) is 5.70. The zero-order valence-electron chi connectivity index (χ0n) is 18.6. The Balaban J connectivity index is 1.31. The molecule has 4 aliphatic carbocycles. The molecule has 1 unspecified atom stereocenters. The van der Waals surface area contributed by atoms with Gasteiger partial charge in [-0.1, -0.05) is 37.6 Å². The van der Waals surface area contributed by atoms with Crippen LogP contribution in [0.1, 0.15) is 82.0 Å². The molecule has 0 bridgehead atoms. The minimum absolute atomic E-state index is 0.00483. The molecule has 162 valence electrons. The molecule has 1 amide bonds. The average molecular weight is 408 g/mol. The molecule has 1 aromatic carbocycles. The van der Waals surface area contributed by atoms with Crippen LogP contribution in [0.15, 0.2) is 42.1 Å². The number of benzene rings is 1. The number of carbonyl (C=O) groups excluding carboxylic acids is 1. The molecule has 4 fully saturated rings. The second-order valence-electron chi connectivity index (χ2n) is 11.3. The number of amides is 1. The standard InChI is InChI=1S/C27H37NO2/c1-26-12-11-23-22(9-8-20-15-21(29)10-13-27(20,23)2)24(26)14-18(16-26)17-28-25(30)19-6-4-3-5-7-19/h3-7,17,20-24,29H,8-16H2,1-2H3,(H,28,30)/b18-17-/t20-,21?,22+,23-,24-,26+,27-/m0/s1. The van der Waals surface area contributed by atoms with Gasteiger partial charge in [0, 0.05) is 11.8 Å². The Morgan fingerprint density at radius 3 is 2.67 bits per heavy atom. The molecule has 30 heavy (non-hydrogen) atoms. The normalized spacial score (nSPS) is 44.1. The van der Waals surface area contributed by atoms with E-state index >= 15 is 0 Å². The van der Waals surface area contributed by atoms with Gasteiger partial charge in [-0.05, 0) is 104 Å². The van der Waals surface area contributed by atoms with Crippen LogP contribution in [0, 0.1) is 34.5 Å². The van der Waals surface area contributed by atoms with E-state index in [1.54, 1.807) is 0 Å². The highest BCUT2D eigenvalue weighted by Crippen LogP contribution is 2.66. The number of carbonyl (C=O) groups is 1. The van der Waals surface area contributed by atoms with Crippen LogP contribution < -0.4 is 5.32 Å². The van der Waals surface area contributed by atoms with Crippen molar-refractivity contribution < 1.29 is 9.90 Å². The zero-order valence-corrected chi connectivity index (χ0v) is 18.6. The largest absolute Gasteiger partial charge is 0.393 e. The number of rotatable bonds is 2. The Morgan fingerprint density at radius 2 is 1.87 bits per heavy atom. The molecule has 3 heteroatoms. The van der Waals surface area contributed by atoms with Crippen LogP contribution in [0.2, 0.25) is 0 Å². The maximum atomic E-state index is 12.5. The van der Waals surface area contributed by atoms with Crippen molar-refractivity contribution in [1.82, 2.24) is 5.32 Å². The molecule has 0 saturated heterocycles. The van der Waals surface area contributed by atoms with Crippen molar-refractivity contribution in [3.63, 3.8) is 0 Å². The molecule has 5 rings (SSSR count). The Kier molecular flexibility index (Phi) is 5.08. The Bertz CT molecular complexity index is 833. The molecule has 4 saturated carbocycles. The lowest BCUT2D eigenvalue weighted by Crippen LogP contribution is -2.53. The summed E-state index contributed by atoms with van der Waals surface area (Å²) in [5.41, 5.74) is 2.97. The van der Waals surface area contributed by atoms with Crippen molar-refractivity contribution in [3.8, 4) is 0 Å². The van der Waals surface area contributed by atoms with Gasteiger partial charge in [0.2, 0.25) is 0 Å². The van der Waals surface area contributed by atoms with Gasteiger partial charge in [-0.3, -0.25) is 4.79 Å². The summed E-state index contributed by atoms with van der Waals surface area (Å²) in [7, 11) is 0. The number of hydrogen-bond acceptors (Lipinski definition) is 2. The van der Waals surface area contributed by atoms with E-state index in [0.717, 1.165) is 49.0 Å². The van der Waals surface area contributed by atoms with Gasteiger partial charge in [0.15, 0.2) is 0 Å². The van der Waals surface area contributed by atoms with Gasteiger partial charge < -0.3 is 10.4 Å². The highest BCUT2D eigenvalue weighted by molar-refractivity contribution is 5.94. The first kappa shape index (κ1) is 20.3. The van der Waals surface area contributed by atoms with Crippen molar-refractivity contribution in [2.45, 2.75) is 77.7 Å². The maximum absolute atomic E-state index is 12.5. The summed E-state index contributed by atoms with van der Waals surface area (Å²) in [6.45, 7) is 5.06. The molecule has 4 aliphatic rings. The Labute approximate surface area is 181 Å². The van der Waals surface area contributed by atoms with E-state index < -0.39 is 0 Å². The Hall–Kier alpha value is -1.61. The van der Waals surface area contributed by atoms with Gasteiger partial charge in [-0.2, -0.15) is 0 Å². The van der Waals surface area contributed by atoms with Crippen molar-refractivity contribution in [2.75, 3.05) is 0 Å². The molecular weight excluding hydrogens is 370 g/mol. The summed E-state index contributed by atoms with van der Waals surface area (Å²) >= 11 is 0. The van der Waals surface area contributed by atoms with Crippen LogP contribution in [0.25, 0.3) is 0 Å². The summed E-state index contributed by atoms with van der Waals surface area (Å²) < 4.78 is 0. The molecule has 3 nitrogen and oxygen atoms in total. The van der Waals surface area contributed by atoms with Crippen LogP contribution in [-0.4, -0.2) is 17.1 Å². The molecule has 7 atom stereocenters. The van der Waals surface area contributed by atoms with E-state index in [1.165, 1.54) is 37.7 Å². The first-order valence-electron chi connectivity index (χ1n) is 12.1. The van der Waals surface area contributed by atoms with Crippen molar-refractivity contribution in [2.24, 2.45) is 34.5 Å². The van der Waals surface area contributed by atoms with E-state index in [9.17, 15) is 9.90 Å². The SMILES string of the molecule is C[C@]12CC[C@H]3[C@@H](CC[C@H]4CC(O)CC[C@@]43C)[C@@H]1C/C(=C/NC(=O)c1ccccc1)C2. The van der Waals surface area contributed by atoms with Gasteiger partial charge in [-0.15, -0.1) is 0 Å². The fourth-order valence-corrected chi connectivity index (χ4v) is 8.07. The minimum atomic E-state index is -0.0669. The van der Waals surface area contributed by atoms with Crippen molar-refractivity contribution in [1.29, 1.82) is 0 Å². The summed E-state index contributed by atoms with van der Waals surface area (Å²) in [4.78, 5) is 12.5. The van der Waals surface area contributed by atoms with E-state index in [0.29, 0.717) is 16.7 Å². The van der Waals surface area contributed by atoms with E-state index in [-0.39, 0.29) is 12.0 Å². The van der Waals surface area contributed by atoms with Crippen LogP contribution >= 0.6 is 0 Å². The van der Waals surface area contributed by atoms with Gasteiger partial charge in [0.25, 0.3) is 5.91 Å². The van der Waals surface area contributed by atoms with Crippen LogP contribution in [-0.2, 0) is 0 Å². The minimum Gasteiger partial charge on any atom is -0.393 e. The number of aliphatic hydroxyl groups is 1. The predicted molar refractivity (Wildman–Crippen MR) is 120 cm³/mol. The Morgan fingerprint density at radius 1 is 1.07 bits per heavy atom. The molecule has 2 N–H and O–H groups in total. The van der Waals surface area contributed by atoms with Crippen LogP contribution in [0.4, 0.5) is 0 Å². The quantitative estimate of drug-likeness (QED) is 0.660. The second-order valence-corrected chi connectivity index (χ2v) is 11.3. The van der Waals surface area contributed by atoms with Crippen LogP contribution in [0.3, 0.4) is 0 Å². The van der Waals surface area contributed by atoms with E-state index in [4.69, 9.17) is 0 Å². The smallest absolute Gasteiger partial charge is 0.255 e. The summed E-state index contributed by atoms with van der Waals surface area (Å²) in [5.74, 6) is 3.10. The zero-order chi connectivity index (χ0) is 20.9. The van der Waals surface area contributed by atoms with Gasteiger partial charge >= 0.3 is 0 Å². The number of nitrogens with one attached hydrogen (secondary N) is 1. The second kappa shape index (κ2) is 7.51. The fraction of sp³-hybridized carbons (Fsp3) is 0.667. The van der Waals surface area contributed by atoms with Crippen LogP contribution in [0.5, 0.6) is 0 Å². The number of hydrogen-bond donors (Lipinski definition) is 2. The van der Waals surface area contributed by atoms with Crippen molar-refractivity contribution in [3.05, 3.63) is 47.7 Å². The third kappa shape index (κ3) is 3.34. The summed E-state index contributed by atoms with van der Waals surface area (Å²) in [5, 5.41) is 13.3. The molecule has 0 aliphatic heterocycles. The molecular formula is C27H37NO2. The number of aliphatic hydroxyl groups excluding tert-OH is 1. The first-order valence-corrected chi connectivity index (χ1v) is 12.1. The van der Waals surface area contributed by atoms with E-state index in [2.05, 4.69) is 19.2 Å². The lowest BCUT2D eigenvalue weighted by Gasteiger charge is -2.60. The third-order valence-electron chi connectivity index (χ3n) is 9.71. The first-order chi connectivity index (χ1) is 14.4. The maximum Gasteiger partial charge on any atom is 0.255 e. The van der Waals surface area contributed by atoms with Crippen molar-refractivity contribution >= 4 is 5.91 Å². The summed E-state index contributed by atoms with van der Waals surface area (Å²) in [6, 6.07) is 9.50. The monoisotopic (exact) mass is 407 g/mol. The number of allylic oxidation sites excluding steroid dienone is 1. The molecule has 0 radical (unpaired) electrons. The lowest BCUT2D eigenvalue weighted by molar-refractivity contribution is -0.120. The lowest BCUT2D eigenvalue weighted by atomic mass is 9.45. The third-order valence-corrected chi connectivity index (χ3v) is 9.71. The number of fused-ring (bicyclic) bond motifs is 5.